The molecule has 2 saturated heterocycles. The van der Waals surface area contributed by atoms with Gasteiger partial charge in [0.2, 0.25) is 0 Å². The molecule has 2 aliphatic rings. The second-order valence-electron chi connectivity index (χ2n) is 6.29. The van der Waals surface area contributed by atoms with Gasteiger partial charge in [0.15, 0.2) is 11.5 Å². The van der Waals surface area contributed by atoms with Crippen LogP contribution in [-0.4, -0.2) is 50.7 Å². The van der Waals surface area contributed by atoms with Crippen molar-refractivity contribution in [2.24, 2.45) is 11.8 Å². The maximum atomic E-state index is 12.7. The van der Waals surface area contributed by atoms with Gasteiger partial charge in [0.05, 0.1) is 7.11 Å². The average Bonchev–Trinajstić information content (AvgIpc) is 2.92. The first-order chi connectivity index (χ1) is 11.6. The number of nitrogens with one attached hydrogen (secondary N) is 1. The summed E-state index contributed by atoms with van der Waals surface area (Å²) in [6.45, 7) is 0.568. The lowest BCUT2D eigenvalue weighted by atomic mass is 9.92. The van der Waals surface area contributed by atoms with E-state index in [0.717, 1.165) is 39.0 Å². The molecule has 24 heavy (non-hydrogen) atoms. The number of benzene rings is 1. The van der Waals surface area contributed by atoms with Gasteiger partial charge in [0.1, 0.15) is 0 Å². The highest BCUT2D eigenvalue weighted by molar-refractivity contribution is 5.95. The summed E-state index contributed by atoms with van der Waals surface area (Å²) in [5.41, 5.74) is 0.429. The Hall–Kier alpha value is -1.89. The Morgan fingerprint density at radius 2 is 1.88 bits per heavy atom. The SMILES string of the molecule is COc1cc(C(=O)N2CC[C@@H]3CNC[C@@H]3CC2)ccc1OC(F)F. The number of rotatable bonds is 4. The third-order valence-electron chi connectivity index (χ3n) is 4.93. The molecule has 1 amide bonds. The summed E-state index contributed by atoms with van der Waals surface area (Å²) >= 11 is 0. The van der Waals surface area contributed by atoms with E-state index in [9.17, 15) is 13.6 Å². The van der Waals surface area contributed by atoms with E-state index in [1.807, 2.05) is 4.90 Å². The predicted octanol–water partition coefficient (Wildman–Crippen LogP) is 2.37. The lowest BCUT2D eigenvalue weighted by Crippen LogP contribution is -2.32. The predicted molar refractivity (Wildman–Crippen MR) is 84.6 cm³/mol. The molecule has 1 N–H and O–H groups in total. The van der Waals surface area contributed by atoms with Gasteiger partial charge >= 0.3 is 6.61 Å². The number of carbonyl (C=O) groups excluding carboxylic acids is 1. The molecular formula is C17H22F2N2O3. The minimum atomic E-state index is -2.93. The first-order valence-electron chi connectivity index (χ1n) is 8.21. The van der Waals surface area contributed by atoms with Crippen LogP contribution in [0.15, 0.2) is 18.2 Å². The van der Waals surface area contributed by atoms with Gasteiger partial charge in [-0.05, 0) is 56.0 Å². The van der Waals surface area contributed by atoms with Crippen molar-refractivity contribution in [3.63, 3.8) is 0 Å². The fourth-order valence-electron chi connectivity index (χ4n) is 3.60. The molecule has 0 unspecified atom stereocenters. The number of fused-ring (bicyclic) bond motifs is 1. The van der Waals surface area contributed by atoms with E-state index < -0.39 is 6.61 Å². The zero-order chi connectivity index (χ0) is 17.1. The summed E-state index contributed by atoms with van der Waals surface area (Å²) in [5.74, 6) is 1.25. The van der Waals surface area contributed by atoms with Crippen molar-refractivity contribution < 1.29 is 23.0 Å². The highest BCUT2D eigenvalue weighted by Crippen LogP contribution is 2.31. The highest BCUT2D eigenvalue weighted by atomic mass is 19.3. The fraction of sp³-hybridized carbons (Fsp3) is 0.588. The number of halogens is 2. The van der Waals surface area contributed by atoms with E-state index in [4.69, 9.17) is 4.74 Å². The third-order valence-corrected chi connectivity index (χ3v) is 4.93. The lowest BCUT2D eigenvalue weighted by Gasteiger charge is -2.21. The molecular weight excluding hydrogens is 318 g/mol. The summed E-state index contributed by atoms with van der Waals surface area (Å²) < 4.78 is 34.2. The van der Waals surface area contributed by atoms with Gasteiger partial charge in [0, 0.05) is 18.7 Å². The minimum Gasteiger partial charge on any atom is -0.493 e. The number of nitrogens with zero attached hydrogens (tertiary/aromatic N) is 1. The smallest absolute Gasteiger partial charge is 0.387 e. The topological polar surface area (TPSA) is 50.8 Å². The van der Waals surface area contributed by atoms with E-state index in [0.29, 0.717) is 17.4 Å². The molecule has 2 atom stereocenters. The third kappa shape index (κ3) is 3.61. The summed E-state index contributed by atoms with van der Waals surface area (Å²) in [6, 6.07) is 4.33. The van der Waals surface area contributed by atoms with E-state index in [-0.39, 0.29) is 17.4 Å². The van der Waals surface area contributed by atoms with Gasteiger partial charge in [-0.15, -0.1) is 0 Å². The molecule has 1 aromatic carbocycles. The number of methoxy groups -OCH3 is 1. The van der Waals surface area contributed by atoms with Crippen LogP contribution in [0.1, 0.15) is 23.2 Å². The minimum absolute atomic E-state index is 0.0690. The summed E-state index contributed by atoms with van der Waals surface area (Å²) in [6.07, 6.45) is 1.99. The molecule has 0 radical (unpaired) electrons. The Morgan fingerprint density at radius 3 is 2.46 bits per heavy atom. The van der Waals surface area contributed by atoms with Crippen molar-refractivity contribution in [1.29, 1.82) is 0 Å². The normalized spacial score (nSPS) is 23.8. The first-order valence-corrected chi connectivity index (χ1v) is 8.21. The second-order valence-corrected chi connectivity index (χ2v) is 6.29. The molecule has 0 aliphatic carbocycles. The number of hydrogen-bond donors (Lipinski definition) is 1. The number of alkyl halides is 2. The molecule has 0 saturated carbocycles. The van der Waals surface area contributed by atoms with Gasteiger partial charge in [0.25, 0.3) is 5.91 Å². The highest BCUT2D eigenvalue weighted by Gasteiger charge is 2.31. The molecule has 2 heterocycles. The monoisotopic (exact) mass is 340 g/mol. The molecule has 2 fully saturated rings. The van der Waals surface area contributed by atoms with E-state index in [2.05, 4.69) is 10.1 Å². The van der Waals surface area contributed by atoms with Crippen LogP contribution in [0.4, 0.5) is 8.78 Å². The number of carbonyl (C=O) groups is 1. The van der Waals surface area contributed by atoms with Gasteiger partial charge in [-0.2, -0.15) is 8.78 Å². The number of likely N-dealkylation sites (tertiary alicyclic amines) is 1. The number of amides is 1. The maximum absolute atomic E-state index is 12.7. The van der Waals surface area contributed by atoms with Crippen LogP contribution >= 0.6 is 0 Å². The molecule has 1 aromatic rings. The molecule has 132 valence electrons. The van der Waals surface area contributed by atoms with Crippen LogP contribution in [0.25, 0.3) is 0 Å². The Kier molecular flexibility index (Phi) is 5.18. The van der Waals surface area contributed by atoms with Crippen LogP contribution in [0.3, 0.4) is 0 Å². The summed E-state index contributed by atoms with van der Waals surface area (Å²) in [5, 5.41) is 3.41. The van der Waals surface area contributed by atoms with Crippen molar-refractivity contribution in [1.82, 2.24) is 10.2 Å². The van der Waals surface area contributed by atoms with Gasteiger partial charge in [-0.1, -0.05) is 0 Å². The second kappa shape index (κ2) is 7.34. The summed E-state index contributed by atoms with van der Waals surface area (Å²) in [4.78, 5) is 14.6. The zero-order valence-electron chi connectivity index (χ0n) is 13.6. The van der Waals surface area contributed by atoms with Crippen LogP contribution < -0.4 is 14.8 Å². The Labute approximate surface area is 139 Å². The number of hydrogen-bond acceptors (Lipinski definition) is 4. The van der Waals surface area contributed by atoms with Gasteiger partial charge < -0.3 is 19.7 Å². The maximum Gasteiger partial charge on any atom is 0.387 e. The number of ether oxygens (including phenoxy) is 2. The van der Waals surface area contributed by atoms with Crippen LogP contribution in [0.2, 0.25) is 0 Å². The van der Waals surface area contributed by atoms with Crippen LogP contribution in [0.5, 0.6) is 11.5 Å². The molecule has 0 aromatic heterocycles. The van der Waals surface area contributed by atoms with Crippen LogP contribution in [-0.2, 0) is 0 Å². The van der Waals surface area contributed by atoms with Crippen molar-refractivity contribution in [2.75, 3.05) is 33.3 Å². The fourth-order valence-corrected chi connectivity index (χ4v) is 3.60. The molecule has 3 rings (SSSR count). The molecule has 0 bridgehead atoms. The van der Waals surface area contributed by atoms with Crippen molar-refractivity contribution in [3.8, 4) is 11.5 Å². The lowest BCUT2D eigenvalue weighted by molar-refractivity contribution is -0.0512. The Balaban J connectivity index is 1.72. The molecule has 5 nitrogen and oxygen atoms in total. The van der Waals surface area contributed by atoms with Crippen LogP contribution in [0, 0.1) is 11.8 Å². The Bertz CT molecular complexity index is 583. The van der Waals surface area contributed by atoms with E-state index in [1.54, 1.807) is 0 Å². The average molecular weight is 340 g/mol. The van der Waals surface area contributed by atoms with Crippen molar-refractivity contribution >= 4 is 5.91 Å². The van der Waals surface area contributed by atoms with Crippen molar-refractivity contribution in [2.45, 2.75) is 19.5 Å². The van der Waals surface area contributed by atoms with Gasteiger partial charge in [-0.3, -0.25) is 4.79 Å². The quantitative estimate of drug-likeness (QED) is 0.914. The van der Waals surface area contributed by atoms with Crippen molar-refractivity contribution in [3.05, 3.63) is 23.8 Å². The standard InChI is InChI=1S/C17H22F2N2O3/c1-23-15-8-11(2-3-14(15)24-17(18)19)16(22)21-6-4-12-9-20-10-13(12)5-7-21/h2-3,8,12-13,17,20H,4-7,9-10H2,1H3/t12-,13+. The van der Waals surface area contributed by atoms with Gasteiger partial charge in [-0.25, -0.2) is 0 Å². The van der Waals surface area contributed by atoms with E-state index >= 15 is 0 Å². The largest absolute Gasteiger partial charge is 0.493 e. The molecule has 0 spiro atoms. The zero-order valence-corrected chi connectivity index (χ0v) is 13.6. The summed E-state index contributed by atoms with van der Waals surface area (Å²) in [7, 11) is 1.36. The molecule has 2 aliphatic heterocycles. The molecule has 7 heteroatoms. The van der Waals surface area contributed by atoms with E-state index in [1.165, 1.54) is 25.3 Å². The Morgan fingerprint density at radius 1 is 1.21 bits per heavy atom. The first kappa shape index (κ1) is 17.0.